The van der Waals surface area contributed by atoms with Crippen molar-refractivity contribution >= 4 is 23.6 Å². The van der Waals surface area contributed by atoms with Crippen LogP contribution in [-0.4, -0.2) is 42.0 Å². The Morgan fingerprint density at radius 1 is 1.40 bits per heavy atom. The molecule has 0 saturated carbocycles. The van der Waals surface area contributed by atoms with Crippen molar-refractivity contribution in [2.75, 3.05) is 19.5 Å². The van der Waals surface area contributed by atoms with E-state index in [1.807, 2.05) is 6.26 Å². The summed E-state index contributed by atoms with van der Waals surface area (Å²) in [7, 11) is 0. The minimum absolute atomic E-state index is 0.113. The number of nitrogens with one attached hydrogen (secondary N) is 1. The third kappa shape index (κ3) is 3.55. The van der Waals surface area contributed by atoms with Crippen molar-refractivity contribution in [2.24, 2.45) is 0 Å². The highest BCUT2D eigenvalue weighted by atomic mass is 32.2. The summed E-state index contributed by atoms with van der Waals surface area (Å²) in [6.45, 7) is 0.892. The van der Waals surface area contributed by atoms with Gasteiger partial charge in [0.15, 0.2) is 10.9 Å². The number of furan rings is 1. The SMILES string of the molecule is CSc1ccc(C(=O)NC2(CC(=O)O)CCOCC2)o1. The quantitative estimate of drug-likeness (QED) is 0.805. The number of carboxylic acid groups (broad SMARTS) is 1. The molecule has 2 heterocycles. The molecule has 0 aromatic carbocycles. The van der Waals surface area contributed by atoms with Gasteiger partial charge < -0.3 is 19.6 Å². The molecule has 1 aliphatic rings. The number of hydrogen-bond donors (Lipinski definition) is 2. The predicted octanol–water partition coefficient (Wildman–Crippen LogP) is 1.76. The second-order valence-corrected chi connectivity index (χ2v) is 5.55. The van der Waals surface area contributed by atoms with Gasteiger partial charge in [-0.25, -0.2) is 0 Å². The molecular formula is C13H17NO5S. The molecule has 6 nitrogen and oxygen atoms in total. The van der Waals surface area contributed by atoms with Crippen LogP contribution >= 0.6 is 11.8 Å². The molecule has 7 heteroatoms. The van der Waals surface area contributed by atoms with E-state index < -0.39 is 11.5 Å². The summed E-state index contributed by atoms with van der Waals surface area (Å²) >= 11 is 1.40. The summed E-state index contributed by atoms with van der Waals surface area (Å²) in [5.41, 5.74) is -0.756. The van der Waals surface area contributed by atoms with Crippen LogP contribution in [0, 0.1) is 0 Å². The van der Waals surface area contributed by atoms with Crippen molar-refractivity contribution in [3.8, 4) is 0 Å². The lowest BCUT2D eigenvalue weighted by molar-refractivity contribution is -0.139. The van der Waals surface area contributed by atoms with E-state index in [0.29, 0.717) is 31.1 Å². The summed E-state index contributed by atoms with van der Waals surface area (Å²) in [5, 5.41) is 12.5. The van der Waals surface area contributed by atoms with Gasteiger partial charge in [0.1, 0.15) is 0 Å². The maximum absolute atomic E-state index is 12.2. The van der Waals surface area contributed by atoms with Crippen LogP contribution in [0.2, 0.25) is 0 Å². The maximum atomic E-state index is 12.2. The van der Waals surface area contributed by atoms with Crippen LogP contribution < -0.4 is 5.32 Å². The average Bonchev–Trinajstić information content (AvgIpc) is 2.87. The van der Waals surface area contributed by atoms with E-state index in [1.165, 1.54) is 11.8 Å². The summed E-state index contributed by atoms with van der Waals surface area (Å²) in [6.07, 6.45) is 2.71. The van der Waals surface area contributed by atoms with Crippen LogP contribution in [0.5, 0.6) is 0 Å². The Morgan fingerprint density at radius 3 is 2.65 bits per heavy atom. The van der Waals surface area contributed by atoms with Crippen molar-refractivity contribution in [3.05, 3.63) is 17.9 Å². The monoisotopic (exact) mass is 299 g/mol. The van der Waals surface area contributed by atoms with E-state index in [2.05, 4.69) is 5.32 Å². The summed E-state index contributed by atoms with van der Waals surface area (Å²) in [4.78, 5) is 23.2. The second-order valence-electron chi connectivity index (χ2n) is 4.74. The number of amides is 1. The Bertz CT molecular complexity index is 493. The fourth-order valence-electron chi connectivity index (χ4n) is 2.25. The normalized spacial score (nSPS) is 17.6. The number of aliphatic carboxylic acids is 1. The number of rotatable bonds is 5. The van der Waals surface area contributed by atoms with Crippen molar-refractivity contribution in [3.63, 3.8) is 0 Å². The number of thioether (sulfide) groups is 1. The van der Waals surface area contributed by atoms with Gasteiger partial charge in [-0.15, -0.1) is 0 Å². The molecule has 0 radical (unpaired) electrons. The van der Waals surface area contributed by atoms with Crippen molar-refractivity contribution in [2.45, 2.75) is 29.9 Å². The number of carbonyl (C=O) groups is 2. The molecular weight excluding hydrogens is 282 g/mol. The van der Waals surface area contributed by atoms with Gasteiger partial charge in [-0.1, -0.05) is 11.8 Å². The molecule has 0 aliphatic carbocycles. The first-order valence-corrected chi connectivity index (χ1v) is 7.53. The van der Waals surface area contributed by atoms with Crippen LogP contribution in [0.3, 0.4) is 0 Å². The second kappa shape index (κ2) is 6.32. The smallest absolute Gasteiger partial charge is 0.305 e. The summed E-state index contributed by atoms with van der Waals surface area (Å²) < 4.78 is 10.6. The Kier molecular flexibility index (Phi) is 4.72. The molecule has 2 N–H and O–H groups in total. The fraction of sp³-hybridized carbons (Fsp3) is 0.538. The molecule has 2 rings (SSSR count). The van der Waals surface area contributed by atoms with Gasteiger partial charge in [0.25, 0.3) is 5.91 Å². The van der Waals surface area contributed by atoms with E-state index >= 15 is 0 Å². The summed E-state index contributed by atoms with van der Waals surface area (Å²) in [6, 6.07) is 3.31. The highest BCUT2D eigenvalue weighted by molar-refractivity contribution is 7.98. The lowest BCUT2D eigenvalue weighted by Gasteiger charge is -2.36. The van der Waals surface area contributed by atoms with Crippen molar-refractivity contribution < 1.29 is 23.8 Å². The topological polar surface area (TPSA) is 88.8 Å². The molecule has 1 aromatic heterocycles. The average molecular weight is 299 g/mol. The van der Waals surface area contributed by atoms with Crippen LogP contribution in [0.15, 0.2) is 21.6 Å². The molecule has 0 bridgehead atoms. The molecule has 1 aromatic rings. The molecule has 0 atom stereocenters. The van der Waals surface area contributed by atoms with E-state index in [0.717, 1.165) is 0 Å². The van der Waals surface area contributed by atoms with E-state index in [4.69, 9.17) is 14.3 Å². The first-order chi connectivity index (χ1) is 9.54. The first-order valence-electron chi connectivity index (χ1n) is 6.30. The van der Waals surface area contributed by atoms with Gasteiger partial charge in [0.2, 0.25) is 0 Å². The van der Waals surface area contributed by atoms with Crippen LogP contribution in [0.1, 0.15) is 29.8 Å². The Morgan fingerprint density at radius 2 is 2.10 bits per heavy atom. The van der Waals surface area contributed by atoms with Crippen LogP contribution in [-0.2, 0) is 9.53 Å². The molecule has 1 fully saturated rings. The predicted molar refractivity (Wildman–Crippen MR) is 73.0 cm³/mol. The number of carbonyl (C=O) groups excluding carboxylic acids is 1. The summed E-state index contributed by atoms with van der Waals surface area (Å²) in [5.74, 6) is -1.12. The highest BCUT2D eigenvalue weighted by Gasteiger charge is 2.37. The Balaban J connectivity index is 2.10. The van der Waals surface area contributed by atoms with Gasteiger partial charge in [0.05, 0.1) is 12.0 Å². The van der Waals surface area contributed by atoms with E-state index in [-0.39, 0.29) is 18.1 Å². The minimum atomic E-state index is -0.934. The van der Waals surface area contributed by atoms with Gasteiger partial charge in [-0.3, -0.25) is 9.59 Å². The van der Waals surface area contributed by atoms with Gasteiger partial charge in [0, 0.05) is 13.2 Å². The molecule has 1 saturated heterocycles. The lowest BCUT2D eigenvalue weighted by atomic mass is 9.86. The molecule has 1 amide bonds. The Labute approximate surface area is 120 Å². The first kappa shape index (κ1) is 14.9. The number of ether oxygens (including phenoxy) is 1. The molecule has 0 spiro atoms. The zero-order valence-electron chi connectivity index (χ0n) is 11.2. The third-order valence-electron chi connectivity index (χ3n) is 3.32. The molecule has 0 unspecified atom stereocenters. The zero-order valence-corrected chi connectivity index (χ0v) is 12.0. The van der Waals surface area contributed by atoms with Gasteiger partial charge >= 0.3 is 5.97 Å². The minimum Gasteiger partial charge on any atom is -0.481 e. The zero-order chi connectivity index (χ0) is 14.6. The third-order valence-corrected chi connectivity index (χ3v) is 3.95. The molecule has 110 valence electrons. The number of carboxylic acids is 1. The maximum Gasteiger partial charge on any atom is 0.305 e. The van der Waals surface area contributed by atoms with Crippen molar-refractivity contribution in [1.29, 1.82) is 0 Å². The van der Waals surface area contributed by atoms with Crippen LogP contribution in [0.4, 0.5) is 0 Å². The van der Waals surface area contributed by atoms with E-state index in [1.54, 1.807) is 12.1 Å². The molecule has 1 aliphatic heterocycles. The highest BCUT2D eigenvalue weighted by Crippen LogP contribution is 2.26. The van der Waals surface area contributed by atoms with Crippen LogP contribution in [0.25, 0.3) is 0 Å². The fourth-order valence-corrected chi connectivity index (χ4v) is 2.63. The standard InChI is InChI=1S/C13H17NO5S/c1-20-11-3-2-9(19-11)12(17)14-13(8-10(15)16)4-6-18-7-5-13/h2-3H,4-8H2,1H3,(H,14,17)(H,15,16). The van der Waals surface area contributed by atoms with Gasteiger partial charge in [-0.2, -0.15) is 0 Å². The Hall–Kier alpha value is -1.47. The number of hydrogen-bond acceptors (Lipinski definition) is 5. The van der Waals surface area contributed by atoms with E-state index in [9.17, 15) is 9.59 Å². The van der Waals surface area contributed by atoms with Crippen molar-refractivity contribution in [1.82, 2.24) is 5.32 Å². The molecule has 20 heavy (non-hydrogen) atoms. The lowest BCUT2D eigenvalue weighted by Crippen LogP contribution is -2.53. The largest absolute Gasteiger partial charge is 0.481 e. The van der Waals surface area contributed by atoms with Gasteiger partial charge in [-0.05, 0) is 31.2 Å².